The first-order valence-electron chi connectivity index (χ1n) is 9.13. The van der Waals surface area contributed by atoms with Crippen molar-refractivity contribution in [1.82, 2.24) is 4.98 Å². The second kappa shape index (κ2) is 6.53. The van der Waals surface area contributed by atoms with Crippen LogP contribution in [-0.4, -0.2) is 16.0 Å². The van der Waals surface area contributed by atoms with Crippen molar-refractivity contribution < 1.29 is 9.90 Å². The average Bonchev–Trinajstić information content (AvgIpc) is 2.95. The Morgan fingerprint density at radius 3 is 2.89 bits per heavy atom. The van der Waals surface area contributed by atoms with E-state index in [-0.39, 0.29) is 11.3 Å². The zero-order valence-electron chi connectivity index (χ0n) is 15.6. The normalized spacial score (nSPS) is 16.3. The molecular formula is C21H22N2O3S. The van der Waals surface area contributed by atoms with E-state index in [1.54, 1.807) is 0 Å². The number of anilines is 1. The zero-order valence-corrected chi connectivity index (χ0v) is 16.4. The highest BCUT2D eigenvalue weighted by Gasteiger charge is 2.27. The van der Waals surface area contributed by atoms with Gasteiger partial charge in [-0.25, -0.2) is 0 Å². The number of pyridine rings is 1. The van der Waals surface area contributed by atoms with Gasteiger partial charge in [-0.15, -0.1) is 11.3 Å². The Bertz CT molecular complexity index is 1130. The monoisotopic (exact) mass is 382 g/mol. The molecule has 1 aliphatic carbocycles. The van der Waals surface area contributed by atoms with E-state index in [2.05, 4.69) is 17.2 Å². The number of thiophene rings is 1. The van der Waals surface area contributed by atoms with Crippen LogP contribution in [0.2, 0.25) is 0 Å². The Hall–Kier alpha value is -2.60. The van der Waals surface area contributed by atoms with Gasteiger partial charge in [-0.2, -0.15) is 0 Å². The lowest BCUT2D eigenvalue weighted by molar-refractivity contribution is 0.102. The third-order valence-electron chi connectivity index (χ3n) is 5.31. The minimum Gasteiger partial charge on any atom is -0.506 e. The minimum absolute atomic E-state index is 0.205. The van der Waals surface area contributed by atoms with Gasteiger partial charge in [0.05, 0.1) is 5.39 Å². The fourth-order valence-electron chi connectivity index (χ4n) is 3.75. The van der Waals surface area contributed by atoms with Crippen LogP contribution < -0.4 is 10.9 Å². The van der Waals surface area contributed by atoms with E-state index in [1.807, 2.05) is 32.0 Å². The number of amides is 1. The van der Waals surface area contributed by atoms with Crippen molar-refractivity contribution in [3.63, 3.8) is 0 Å². The predicted octanol–water partition coefficient (Wildman–Crippen LogP) is 4.29. The van der Waals surface area contributed by atoms with Gasteiger partial charge in [0.15, 0.2) is 0 Å². The molecule has 0 aliphatic heterocycles. The van der Waals surface area contributed by atoms with Gasteiger partial charge >= 0.3 is 0 Å². The number of aromatic amines is 1. The number of H-pyrrole nitrogens is 1. The summed E-state index contributed by atoms with van der Waals surface area (Å²) in [6.45, 7) is 6.03. The number of fused-ring (bicyclic) bond motifs is 3. The Morgan fingerprint density at radius 2 is 2.11 bits per heavy atom. The summed E-state index contributed by atoms with van der Waals surface area (Å²) in [5.74, 6) is -0.205. The molecule has 3 N–H and O–H groups in total. The molecule has 1 amide bonds. The third kappa shape index (κ3) is 3.04. The van der Waals surface area contributed by atoms with E-state index < -0.39 is 11.5 Å². The molecule has 1 unspecified atom stereocenters. The molecule has 0 radical (unpaired) electrons. The smallest absolute Gasteiger partial charge is 0.265 e. The summed E-state index contributed by atoms with van der Waals surface area (Å²) in [5.41, 5.74) is 2.83. The Morgan fingerprint density at radius 1 is 1.33 bits per heavy atom. The maximum atomic E-state index is 12.8. The number of hydrogen-bond acceptors (Lipinski definition) is 4. The largest absolute Gasteiger partial charge is 0.506 e. The minimum atomic E-state index is -0.589. The molecule has 3 aromatic rings. The van der Waals surface area contributed by atoms with Gasteiger partial charge in [-0.05, 0) is 61.8 Å². The van der Waals surface area contributed by atoms with Crippen molar-refractivity contribution in [3.8, 4) is 5.75 Å². The topological polar surface area (TPSA) is 82.2 Å². The van der Waals surface area contributed by atoms with Gasteiger partial charge in [0.1, 0.15) is 16.1 Å². The molecule has 1 aliphatic rings. The number of hydrogen-bond donors (Lipinski definition) is 3. The van der Waals surface area contributed by atoms with Crippen LogP contribution in [0.5, 0.6) is 5.75 Å². The van der Waals surface area contributed by atoms with Crippen molar-refractivity contribution >= 4 is 33.1 Å². The molecule has 0 saturated carbocycles. The highest BCUT2D eigenvalue weighted by Crippen LogP contribution is 2.41. The second-order valence-corrected chi connectivity index (χ2v) is 8.61. The fourth-order valence-corrected chi connectivity index (χ4v) is 5.16. The first kappa shape index (κ1) is 17.8. The molecule has 6 heteroatoms. The van der Waals surface area contributed by atoms with Gasteiger partial charge in [0.2, 0.25) is 0 Å². The molecule has 2 aromatic heterocycles. The van der Waals surface area contributed by atoms with E-state index >= 15 is 0 Å². The average molecular weight is 382 g/mol. The number of aryl methyl sites for hydroxylation is 3. The standard InChI is InChI=1S/C21H22N2O3S/c1-10-4-6-12(3)14(8-10)22-19(25)17-18(24)16-13-7-5-11(2)9-15(13)27-21(16)23-20(17)26/h4,6,8,11H,5,7,9H2,1-3H3,(H,22,25)(H2,23,24,26). The van der Waals surface area contributed by atoms with Crippen LogP contribution in [-0.2, 0) is 12.8 Å². The van der Waals surface area contributed by atoms with Gasteiger partial charge in [0.25, 0.3) is 11.5 Å². The van der Waals surface area contributed by atoms with Gasteiger partial charge < -0.3 is 15.4 Å². The van der Waals surface area contributed by atoms with Gasteiger partial charge in [-0.1, -0.05) is 19.1 Å². The molecule has 2 heterocycles. The Kier molecular flexibility index (Phi) is 4.30. The number of aromatic nitrogens is 1. The summed E-state index contributed by atoms with van der Waals surface area (Å²) >= 11 is 1.51. The number of benzene rings is 1. The Balaban J connectivity index is 1.81. The van der Waals surface area contributed by atoms with Crippen molar-refractivity contribution in [3.05, 3.63) is 55.7 Å². The zero-order chi connectivity index (χ0) is 19.3. The molecule has 4 rings (SSSR count). The third-order valence-corrected chi connectivity index (χ3v) is 6.48. The lowest BCUT2D eigenvalue weighted by Gasteiger charge is -2.18. The highest BCUT2D eigenvalue weighted by molar-refractivity contribution is 7.18. The summed E-state index contributed by atoms with van der Waals surface area (Å²) in [5, 5.41) is 14.2. The first-order chi connectivity index (χ1) is 12.8. The number of carbonyl (C=O) groups is 1. The van der Waals surface area contributed by atoms with Crippen LogP contribution in [0, 0.1) is 19.8 Å². The number of carbonyl (C=O) groups excluding carboxylic acids is 1. The van der Waals surface area contributed by atoms with E-state index in [0.29, 0.717) is 21.8 Å². The van der Waals surface area contributed by atoms with Crippen LogP contribution in [0.15, 0.2) is 23.0 Å². The van der Waals surface area contributed by atoms with E-state index in [4.69, 9.17) is 0 Å². The van der Waals surface area contributed by atoms with E-state index in [1.165, 1.54) is 16.2 Å². The maximum absolute atomic E-state index is 12.8. The summed E-state index contributed by atoms with van der Waals surface area (Å²) in [7, 11) is 0. The van der Waals surface area contributed by atoms with Crippen LogP contribution in [0.3, 0.4) is 0 Å². The highest BCUT2D eigenvalue weighted by atomic mass is 32.1. The van der Waals surface area contributed by atoms with Crippen LogP contribution in [0.1, 0.15) is 45.3 Å². The van der Waals surface area contributed by atoms with Gasteiger partial charge in [-0.3, -0.25) is 9.59 Å². The molecule has 1 aromatic carbocycles. The number of aromatic hydroxyl groups is 1. The van der Waals surface area contributed by atoms with Crippen molar-refractivity contribution in [2.45, 2.75) is 40.0 Å². The van der Waals surface area contributed by atoms with Crippen LogP contribution >= 0.6 is 11.3 Å². The van der Waals surface area contributed by atoms with Crippen molar-refractivity contribution in [1.29, 1.82) is 0 Å². The lowest BCUT2D eigenvalue weighted by Crippen LogP contribution is -2.23. The molecule has 0 saturated heterocycles. The molecule has 5 nitrogen and oxygen atoms in total. The molecule has 27 heavy (non-hydrogen) atoms. The molecule has 1 atom stereocenters. The van der Waals surface area contributed by atoms with E-state index in [9.17, 15) is 14.7 Å². The second-order valence-electron chi connectivity index (χ2n) is 7.51. The maximum Gasteiger partial charge on any atom is 0.265 e. The summed E-state index contributed by atoms with van der Waals surface area (Å²) in [6.07, 6.45) is 2.84. The summed E-state index contributed by atoms with van der Waals surface area (Å²) in [6, 6.07) is 5.72. The molecule has 140 valence electrons. The predicted molar refractivity (Wildman–Crippen MR) is 109 cm³/mol. The molecule has 0 fully saturated rings. The Labute approximate surface area is 161 Å². The molecule has 0 spiro atoms. The number of nitrogens with one attached hydrogen (secondary N) is 2. The lowest BCUT2D eigenvalue weighted by atomic mass is 9.89. The summed E-state index contributed by atoms with van der Waals surface area (Å²) in [4.78, 5) is 30.0. The van der Waals surface area contributed by atoms with Gasteiger partial charge in [0, 0.05) is 10.6 Å². The molecular weight excluding hydrogens is 360 g/mol. The number of rotatable bonds is 2. The first-order valence-corrected chi connectivity index (χ1v) is 9.95. The van der Waals surface area contributed by atoms with E-state index in [0.717, 1.165) is 36.0 Å². The summed E-state index contributed by atoms with van der Waals surface area (Å²) < 4.78 is 0. The quantitative estimate of drug-likeness (QED) is 0.618. The fraction of sp³-hybridized carbons (Fsp3) is 0.333. The van der Waals surface area contributed by atoms with Crippen molar-refractivity contribution in [2.75, 3.05) is 5.32 Å². The van der Waals surface area contributed by atoms with Crippen LogP contribution in [0.4, 0.5) is 5.69 Å². The SMILES string of the molecule is Cc1ccc(C)c(NC(=O)c2c(O)c3c4c(sc3[nH]c2=O)CC(C)CC4)c1. The van der Waals surface area contributed by atoms with Crippen molar-refractivity contribution in [2.24, 2.45) is 5.92 Å². The molecule has 0 bridgehead atoms. The van der Waals surface area contributed by atoms with Crippen LogP contribution in [0.25, 0.3) is 10.2 Å².